The van der Waals surface area contributed by atoms with E-state index in [2.05, 4.69) is 106 Å². The number of benzene rings is 3. The molecule has 0 N–H and O–H groups in total. The number of hydrogen-bond acceptors (Lipinski definition) is 0. The topological polar surface area (TPSA) is 0 Å². The van der Waals surface area contributed by atoms with E-state index < -0.39 is 21.3 Å². The van der Waals surface area contributed by atoms with Gasteiger partial charge in [0.05, 0.1) is 0 Å². The molecule has 3 aromatic carbocycles. The standard InChI is InChI=1S/C21H25.C7H5Cl.C5H5.Zr/c1-20(2,3)16-7-9-18-14(12-16)11-15-13-17(21(4,5)6)8-10-19(15)18;1-6-2-4-7(8)5-3-6;1-2-4-5-3-1;/h7-10,12H,11H2,1-6H3;1-5H;1-3H,4H2;. The summed E-state index contributed by atoms with van der Waals surface area (Å²) < 4.78 is 6.00. The molecule has 0 saturated heterocycles. The molecule has 0 spiro atoms. The summed E-state index contributed by atoms with van der Waals surface area (Å²) >= 11 is 3.85. The Bertz CT molecular complexity index is 1390. The van der Waals surface area contributed by atoms with Gasteiger partial charge in [-0.05, 0) is 0 Å². The zero-order chi connectivity index (χ0) is 25.0. The van der Waals surface area contributed by atoms with Gasteiger partial charge < -0.3 is 0 Å². The first kappa shape index (κ1) is 24.9. The average Bonchev–Trinajstić information content (AvgIpc) is 3.44. The summed E-state index contributed by atoms with van der Waals surface area (Å²) in [4.78, 5) is 0. The molecule has 0 nitrogen and oxygen atoms in total. The van der Waals surface area contributed by atoms with E-state index in [0.717, 1.165) is 17.9 Å². The predicted molar refractivity (Wildman–Crippen MR) is 150 cm³/mol. The van der Waals surface area contributed by atoms with Gasteiger partial charge in [-0.25, -0.2) is 0 Å². The van der Waals surface area contributed by atoms with E-state index in [1.807, 2.05) is 12.1 Å². The molecule has 0 heterocycles. The van der Waals surface area contributed by atoms with Gasteiger partial charge in [0, 0.05) is 0 Å². The number of allylic oxidation sites excluding steroid dienone is 4. The van der Waals surface area contributed by atoms with Crippen molar-refractivity contribution in [2.75, 3.05) is 0 Å². The van der Waals surface area contributed by atoms with Crippen molar-refractivity contribution >= 4 is 18.6 Å². The molecule has 0 amide bonds. The molecule has 5 rings (SSSR count). The molecule has 3 aromatic rings. The quantitative estimate of drug-likeness (QED) is 0.237. The van der Waals surface area contributed by atoms with Crippen LogP contribution in [0.2, 0.25) is 5.02 Å². The van der Waals surface area contributed by atoms with Gasteiger partial charge in [-0.15, -0.1) is 0 Å². The van der Waals surface area contributed by atoms with Gasteiger partial charge >= 0.3 is 225 Å². The van der Waals surface area contributed by atoms with Crippen LogP contribution < -0.4 is 3.27 Å². The van der Waals surface area contributed by atoms with Crippen molar-refractivity contribution in [3.63, 3.8) is 0 Å². The van der Waals surface area contributed by atoms with E-state index in [9.17, 15) is 0 Å². The first-order valence-electron chi connectivity index (χ1n) is 12.7. The molecule has 0 saturated carbocycles. The molecule has 0 unspecified atom stereocenters. The van der Waals surface area contributed by atoms with Crippen molar-refractivity contribution < 1.29 is 21.3 Å². The van der Waals surface area contributed by atoms with Crippen LogP contribution in [0.3, 0.4) is 0 Å². The Hall–Kier alpha value is -1.82. The molecule has 0 aromatic heterocycles. The molecule has 35 heavy (non-hydrogen) atoms. The molecule has 0 atom stereocenters. The van der Waals surface area contributed by atoms with Crippen LogP contribution in [0.4, 0.5) is 0 Å². The van der Waals surface area contributed by atoms with Crippen molar-refractivity contribution in [3.8, 4) is 11.1 Å². The second-order valence-corrected chi connectivity index (χ2v) is 18.0. The monoisotopic (exact) mass is 556 g/mol. The van der Waals surface area contributed by atoms with Crippen LogP contribution in [0.1, 0.15) is 75.8 Å². The summed E-state index contributed by atoms with van der Waals surface area (Å²) in [6.45, 7) is 14.1. The van der Waals surface area contributed by atoms with Gasteiger partial charge in [-0.1, -0.05) is 0 Å². The van der Waals surface area contributed by atoms with Crippen LogP contribution in [-0.2, 0) is 38.5 Å². The third-order valence-electron chi connectivity index (χ3n) is 7.32. The number of halogens is 1. The molecular weight excluding hydrogens is 523 g/mol. The van der Waals surface area contributed by atoms with E-state index >= 15 is 0 Å². The van der Waals surface area contributed by atoms with Crippen LogP contribution in [-0.4, -0.2) is 3.71 Å². The van der Waals surface area contributed by atoms with E-state index in [4.69, 9.17) is 11.6 Å². The van der Waals surface area contributed by atoms with Gasteiger partial charge in [0.25, 0.3) is 0 Å². The molecule has 0 aliphatic heterocycles. The molecular formula is C33H35ClZr. The number of hydrogen-bond donors (Lipinski definition) is 0. The SMILES string of the molecule is CC(C)(C)c1ccc2c(c1)Cc1c-2ccc(C(C)(C)C)[c]1/[Zr](=[CH]\c1ccc(Cl)cc1)[C]1=CC=CC1. The molecule has 2 aliphatic rings. The van der Waals surface area contributed by atoms with Gasteiger partial charge in [0.2, 0.25) is 0 Å². The average molecular weight is 558 g/mol. The van der Waals surface area contributed by atoms with Crippen molar-refractivity contribution in [2.45, 2.75) is 65.2 Å². The van der Waals surface area contributed by atoms with Gasteiger partial charge in [-0.2, -0.15) is 0 Å². The van der Waals surface area contributed by atoms with Gasteiger partial charge in [-0.3, -0.25) is 0 Å². The van der Waals surface area contributed by atoms with Crippen molar-refractivity contribution in [3.05, 3.63) is 109 Å². The van der Waals surface area contributed by atoms with Gasteiger partial charge in [0.15, 0.2) is 0 Å². The zero-order valence-electron chi connectivity index (χ0n) is 21.8. The van der Waals surface area contributed by atoms with E-state index in [1.54, 1.807) is 12.1 Å². The molecule has 2 heteroatoms. The van der Waals surface area contributed by atoms with Crippen LogP contribution in [0, 0.1) is 0 Å². The number of fused-ring (bicyclic) bond motifs is 3. The van der Waals surface area contributed by atoms with Crippen LogP contribution in [0.15, 0.2) is 76.1 Å². The first-order valence-corrected chi connectivity index (χ1v) is 16.9. The molecule has 178 valence electrons. The Morgan fingerprint density at radius 3 is 2.17 bits per heavy atom. The van der Waals surface area contributed by atoms with Crippen molar-refractivity contribution in [2.24, 2.45) is 0 Å². The first-order chi connectivity index (χ1) is 16.5. The Morgan fingerprint density at radius 1 is 0.829 bits per heavy atom. The summed E-state index contributed by atoms with van der Waals surface area (Å²) in [5.41, 5.74) is 10.5. The summed E-state index contributed by atoms with van der Waals surface area (Å²) in [7, 11) is 0. The second-order valence-electron chi connectivity index (χ2n) is 12.0. The Morgan fingerprint density at radius 2 is 1.54 bits per heavy atom. The molecule has 2 aliphatic carbocycles. The fourth-order valence-electron chi connectivity index (χ4n) is 5.37. The normalized spacial score (nSPS) is 15.3. The molecule has 0 fully saturated rings. The minimum absolute atomic E-state index is 0.0992. The van der Waals surface area contributed by atoms with Crippen LogP contribution >= 0.6 is 11.6 Å². The summed E-state index contributed by atoms with van der Waals surface area (Å²) in [6, 6.07) is 20.5. The van der Waals surface area contributed by atoms with E-state index in [-0.39, 0.29) is 10.8 Å². The summed E-state index contributed by atoms with van der Waals surface area (Å²) in [6.07, 6.45) is 9.14. The number of rotatable bonds is 3. The fraction of sp³-hybridized carbons (Fsp3) is 0.303. The predicted octanol–water partition coefficient (Wildman–Crippen LogP) is 8.44. The van der Waals surface area contributed by atoms with Crippen molar-refractivity contribution in [1.82, 2.24) is 0 Å². The third-order valence-corrected chi connectivity index (χ3v) is 14.4. The summed E-state index contributed by atoms with van der Waals surface area (Å²) in [5.74, 6) is 0. The van der Waals surface area contributed by atoms with Crippen molar-refractivity contribution in [1.29, 1.82) is 0 Å². The minimum atomic E-state index is -2.39. The third kappa shape index (κ3) is 4.92. The van der Waals surface area contributed by atoms with E-state index in [0.29, 0.717) is 0 Å². The fourth-order valence-corrected chi connectivity index (χ4v) is 13.1. The zero-order valence-corrected chi connectivity index (χ0v) is 25.0. The van der Waals surface area contributed by atoms with Crippen LogP contribution in [0.5, 0.6) is 0 Å². The Balaban J connectivity index is 1.75. The Labute approximate surface area is 223 Å². The van der Waals surface area contributed by atoms with Gasteiger partial charge in [0.1, 0.15) is 0 Å². The summed E-state index contributed by atoms with van der Waals surface area (Å²) in [5, 5.41) is 0.801. The maximum absolute atomic E-state index is 6.23. The van der Waals surface area contributed by atoms with Crippen LogP contribution in [0.25, 0.3) is 11.1 Å². The maximum atomic E-state index is 6.23. The van der Waals surface area contributed by atoms with E-state index in [1.165, 1.54) is 33.4 Å². The molecule has 0 bridgehead atoms. The second kappa shape index (κ2) is 9.24. The molecule has 0 radical (unpaired) electrons. The Kier molecular flexibility index (Phi) is 6.57.